The second kappa shape index (κ2) is 8.69. The summed E-state index contributed by atoms with van der Waals surface area (Å²) in [7, 11) is 0. The quantitative estimate of drug-likeness (QED) is 0.625. The molecule has 1 heterocycles. The lowest BCUT2D eigenvalue weighted by molar-refractivity contribution is -0.116. The summed E-state index contributed by atoms with van der Waals surface area (Å²) in [6.07, 6.45) is 9.88. The molecule has 0 fully saturated rings. The van der Waals surface area contributed by atoms with Gasteiger partial charge in [0, 0.05) is 25.0 Å². The Bertz CT molecular complexity index is 564. The highest BCUT2D eigenvalue weighted by atomic mass is 16.1. The number of pyridine rings is 1. The standard InChI is InChI=1S/C18H20N2O/c21-18(12-11-17-10-6-13-19-15-17)20-14-5-4-9-16-7-2-1-3-8-16/h1-3,6-8,10-13,15H,4-5,9,14H2,(H,20,21). The third kappa shape index (κ3) is 6.04. The summed E-state index contributed by atoms with van der Waals surface area (Å²) in [5.74, 6) is -0.0569. The molecule has 0 saturated heterocycles. The topological polar surface area (TPSA) is 42.0 Å². The van der Waals surface area contributed by atoms with Gasteiger partial charge in [0.25, 0.3) is 0 Å². The first kappa shape index (κ1) is 15.0. The SMILES string of the molecule is O=C(C=Cc1cccnc1)NCCCCc1ccccc1. The summed E-state index contributed by atoms with van der Waals surface area (Å²) in [6, 6.07) is 14.2. The minimum Gasteiger partial charge on any atom is -0.353 e. The van der Waals surface area contributed by atoms with Crippen LogP contribution in [0.4, 0.5) is 0 Å². The maximum Gasteiger partial charge on any atom is 0.243 e. The van der Waals surface area contributed by atoms with Crippen LogP contribution in [0.15, 0.2) is 60.9 Å². The second-order valence-corrected chi connectivity index (χ2v) is 4.85. The number of benzene rings is 1. The van der Waals surface area contributed by atoms with Gasteiger partial charge in [0.1, 0.15) is 0 Å². The van der Waals surface area contributed by atoms with E-state index >= 15 is 0 Å². The van der Waals surface area contributed by atoms with Gasteiger partial charge in [-0.25, -0.2) is 0 Å². The van der Waals surface area contributed by atoms with Gasteiger partial charge in [-0.15, -0.1) is 0 Å². The summed E-state index contributed by atoms with van der Waals surface area (Å²) in [4.78, 5) is 15.6. The number of aryl methyl sites for hydroxylation is 1. The molecule has 1 amide bonds. The number of aromatic nitrogens is 1. The van der Waals surface area contributed by atoms with Crippen molar-refractivity contribution in [1.82, 2.24) is 10.3 Å². The van der Waals surface area contributed by atoms with E-state index in [0.29, 0.717) is 6.54 Å². The fraction of sp³-hybridized carbons (Fsp3) is 0.222. The average molecular weight is 280 g/mol. The molecular formula is C18H20N2O. The molecule has 0 aliphatic carbocycles. The molecule has 0 spiro atoms. The Labute approximate surface area is 125 Å². The lowest BCUT2D eigenvalue weighted by Gasteiger charge is -2.03. The molecule has 0 saturated carbocycles. The summed E-state index contributed by atoms with van der Waals surface area (Å²) in [5.41, 5.74) is 2.28. The van der Waals surface area contributed by atoms with Crippen LogP contribution in [-0.4, -0.2) is 17.4 Å². The first-order valence-electron chi connectivity index (χ1n) is 7.24. The molecule has 0 aliphatic rings. The predicted molar refractivity (Wildman–Crippen MR) is 85.7 cm³/mol. The molecule has 2 aromatic rings. The van der Waals surface area contributed by atoms with Crippen LogP contribution in [-0.2, 0) is 11.2 Å². The highest BCUT2D eigenvalue weighted by Gasteiger charge is 1.96. The Hall–Kier alpha value is -2.42. The van der Waals surface area contributed by atoms with Crippen molar-refractivity contribution in [3.63, 3.8) is 0 Å². The molecule has 21 heavy (non-hydrogen) atoms. The van der Waals surface area contributed by atoms with Gasteiger partial charge < -0.3 is 5.32 Å². The molecule has 3 nitrogen and oxygen atoms in total. The second-order valence-electron chi connectivity index (χ2n) is 4.85. The van der Waals surface area contributed by atoms with Crippen molar-refractivity contribution in [1.29, 1.82) is 0 Å². The van der Waals surface area contributed by atoms with Gasteiger partial charge in [-0.1, -0.05) is 36.4 Å². The first-order valence-corrected chi connectivity index (χ1v) is 7.24. The number of hydrogen-bond acceptors (Lipinski definition) is 2. The molecule has 2 rings (SSSR count). The molecule has 1 N–H and O–H groups in total. The van der Waals surface area contributed by atoms with E-state index in [1.807, 2.05) is 18.2 Å². The third-order valence-electron chi connectivity index (χ3n) is 3.15. The number of rotatable bonds is 7. The number of unbranched alkanes of at least 4 members (excludes halogenated alkanes) is 1. The maximum atomic E-state index is 11.6. The first-order chi connectivity index (χ1) is 10.3. The van der Waals surface area contributed by atoms with Crippen molar-refractivity contribution in [3.8, 4) is 0 Å². The van der Waals surface area contributed by atoms with Crippen molar-refractivity contribution in [2.75, 3.05) is 6.54 Å². The summed E-state index contributed by atoms with van der Waals surface area (Å²) in [5, 5.41) is 2.89. The van der Waals surface area contributed by atoms with Crippen molar-refractivity contribution in [3.05, 3.63) is 72.1 Å². The predicted octanol–water partition coefficient (Wildman–Crippen LogP) is 3.23. The molecule has 1 aromatic heterocycles. The number of amides is 1. The van der Waals surface area contributed by atoms with Gasteiger partial charge in [0.05, 0.1) is 0 Å². The van der Waals surface area contributed by atoms with Crippen LogP contribution in [0.2, 0.25) is 0 Å². The number of nitrogens with one attached hydrogen (secondary N) is 1. The van der Waals surface area contributed by atoms with Gasteiger partial charge in [-0.2, -0.15) is 0 Å². The molecule has 0 unspecified atom stereocenters. The van der Waals surface area contributed by atoms with Gasteiger partial charge in [-0.3, -0.25) is 9.78 Å². The van der Waals surface area contributed by atoms with Crippen molar-refractivity contribution in [2.24, 2.45) is 0 Å². The van der Waals surface area contributed by atoms with E-state index in [4.69, 9.17) is 0 Å². The highest BCUT2D eigenvalue weighted by Crippen LogP contribution is 2.03. The van der Waals surface area contributed by atoms with Gasteiger partial charge in [0.2, 0.25) is 5.91 Å². The maximum absolute atomic E-state index is 11.6. The van der Waals surface area contributed by atoms with Gasteiger partial charge in [0.15, 0.2) is 0 Å². The lowest BCUT2D eigenvalue weighted by Crippen LogP contribution is -2.22. The highest BCUT2D eigenvalue weighted by molar-refractivity contribution is 5.91. The van der Waals surface area contributed by atoms with Crippen molar-refractivity contribution >= 4 is 12.0 Å². The van der Waals surface area contributed by atoms with Crippen LogP contribution in [0.3, 0.4) is 0 Å². The Balaban J connectivity index is 1.60. The van der Waals surface area contributed by atoms with Crippen LogP contribution in [0.5, 0.6) is 0 Å². The largest absolute Gasteiger partial charge is 0.353 e. The molecule has 0 bridgehead atoms. The normalized spacial score (nSPS) is 10.7. The van der Waals surface area contributed by atoms with Crippen LogP contribution in [0, 0.1) is 0 Å². The number of nitrogens with zero attached hydrogens (tertiary/aromatic N) is 1. The van der Waals surface area contributed by atoms with E-state index in [1.165, 1.54) is 5.56 Å². The van der Waals surface area contributed by atoms with E-state index in [9.17, 15) is 4.79 Å². The zero-order chi connectivity index (χ0) is 14.8. The molecule has 0 radical (unpaired) electrons. The lowest BCUT2D eigenvalue weighted by atomic mass is 10.1. The minimum absolute atomic E-state index is 0.0569. The van der Waals surface area contributed by atoms with E-state index < -0.39 is 0 Å². The van der Waals surface area contributed by atoms with Crippen molar-refractivity contribution < 1.29 is 4.79 Å². The number of hydrogen-bond donors (Lipinski definition) is 1. The van der Waals surface area contributed by atoms with Gasteiger partial charge >= 0.3 is 0 Å². The Morgan fingerprint density at radius 1 is 1.10 bits per heavy atom. The van der Waals surface area contributed by atoms with Crippen molar-refractivity contribution in [2.45, 2.75) is 19.3 Å². The molecule has 3 heteroatoms. The fourth-order valence-electron chi connectivity index (χ4n) is 2.02. The average Bonchev–Trinajstić information content (AvgIpc) is 2.54. The van der Waals surface area contributed by atoms with Crippen LogP contribution < -0.4 is 5.32 Å². The molecule has 1 aromatic carbocycles. The summed E-state index contributed by atoms with van der Waals surface area (Å²) >= 11 is 0. The number of carbonyl (C=O) groups is 1. The fourth-order valence-corrected chi connectivity index (χ4v) is 2.02. The Morgan fingerprint density at radius 3 is 2.71 bits per heavy atom. The van der Waals surface area contributed by atoms with Gasteiger partial charge in [-0.05, 0) is 42.5 Å². The van der Waals surface area contributed by atoms with Crippen LogP contribution in [0.1, 0.15) is 24.0 Å². The zero-order valence-electron chi connectivity index (χ0n) is 12.0. The van der Waals surface area contributed by atoms with Crippen LogP contribution in [0.25, 0.3) is 6.08 Å². The summed E-state index contributed by atoms with van der Waals surface area (Å²) < 4.78 is 0. The van der Waals surface area contributed by atoms with Crippen LogP contribution >= 0.6 is 0 Å². The van der Waals surface area contributed by atoms with E-state index in [0.717, 1.165) is 24.8 Å². The molecule has 0 aliphatic heterocycles. The van der Waals surface area contributed by atoms with E-state index in [-0.39, 0.29) is 5.91 Å². The molecule has 108 valence electrons. The Kier molecular flexibility index (Phi) is 6.20. The minimum atomic E-state index is -0.0569. The smallest absolute Gasteiger partial charge is 0.243 e. The molecular weight excluding hydrogens is 260 g/mol. The monoisotopic (exact) mass is 280 g/mol. The number of carbonyl (C=O) groups excluding carboxylic acids is 1. The Morgan fingerprint density at radius 2 is 1.95 bits per heavy atom. The van der Waals surface area contributed by atoms with E-state index in [1.54, 1.807) is 24.5 Å². The summed E-state index contributed by atoms with van der Waals surface area (Å²) in [6.45, 7) is 0.711. The zero-order valence-corrected chi connectivity index (χ0v) is 12.0. The van der Waals surface area contributed by atoms with E-state index in [2.05, 4.69) is 34.6 Å². The third-order valence-corrected chi connectivity index (χ3v) is 3.15. The molecule has 0 atom stereocenters.